The molecule has 1 fully saturated rings. The number of carbonyl (C=O) groups is 2. The molecule has 1 aliphatic heterocycles. The molecular formula is C13H24N2O3. The number of methoxy groups -OCH3 is 1. The minimum absolute atomic E-state index is 0.00883. The summed E-state index contributed by atoms with van der Waals surface area (Å²) >= 11 is 0. The smallest absolute Gasteiger partial charge is 0.234 e. The van der Waals surface area contributed by atoms with Crippen molar-refractivity contribution in [3.05, 3.63) is 0 Å². The zero-order valence-electron chi connectivity index (χ0n) is 11.7. The van der Waals surface area contributed by atoms with E-state index in [2.05, 4.69) is 10.2 Å². The number of Topliss-reactive ketones (excluding diaryl/α,β-unsaturated/α-hetero) is 1. The highest BCUT2D eigenvalue weighted by atomic mass is 16.5. The zero-order chi connectivity index (χ0) is 13.7. The van der Waals surface area contributed by atoms with Crippen LogP contribution in [0.25, 0.3) is 0 Å². The molecule has 1 N–H and O–H groups in total. The third-order valence-electron chi connectivity index (χ3n) is 3.35. The van der Waals surface area contributed by atoms with Crippen LogP contribution in [0.2, 0.25) is 0 Å². The standard InChI is InChI=1S/C13H24N2O3/c1-9(2)13(10(3)16)14-12(17)8-15-6-5-11(7-15)18-4/h9,11,13H,5-8H2,1-4H3,(H,14,17). The van der Waals surface area contributed by atoms with E-state index in [-0.39, 0.29) is 29.8 Å². The Kier molecular flexibility index (Phi) is 5.75. The average molecular weight is 256 g/mol. The summed E-state index contributed by atoms with van der Waals surface area (Å²) in [6, 6.07) is -0.377. The Hall–Kier alpha value is -0.940. The van der Waals surface area contributed by atoms with Crippen LogP contribution >= 0.6 is 0 Å². The number of hydrogen-bond donors (Lipinski definition) is 1. The molecule has 5 nitrogen and oxygen atoms in total. The van der Waals surface area contributed by atoms with Gasteiger partial charge in [-0.15, -0.1) is 0 Å². The molecule has 0 aliphatic carbocycles. The van der Waals surface area contributed by atoms with Gasteiger partial charge < -0.3 is 10.1 Å². The van der Waals surface area contributed by atoms with Crippen molar-refractivity contribution in [1.29, 1.82) is 0 Å². The summed E-state index contributed by atoms with van der Waals surface area (Å²) < 4.78 is 5.25. The van der Waals surface area contributed by atoms with Crippen LogP contribution in [0.4, 0.5) is 0 Å². The fraction of sp³-hybridized carbons (Fsp3) is 0.846. The molecule has 0 radical (unpaired) electrons. The molecule has 104 valence electrons. The molecule has 5 heteroatoms. The molecule has 18 heavy (non-hydrogen) atoms. The fourth-order valence-electron chi connectivity index (χ4n) is 2.29. The molecule has 1 amide bonds. The van der Waals surface area contributed by atoms with E-state index in [9.17, 15) is 9.59 Å². The van der Waals surface area contributed by atoms with E-state index in [0.29, 0.717) is 6.54 Å². The van der Waals surface area contributed by atoms with Crippen molar-refractivity contribution >= 4 is 11.7 Å². The maximum absolute atomic E-state index is 11.9. The summed E-state index contributed by atoms with van der Waals surface area (Å²) in [6.45, 7) is 7.39. The quantitative estimate of drug-likeness (QED) is 0.749. The molecule has 2 atom stereocenters. The van der Waals surface area contributed by atoms with Crippen molar-refractivity contribution in [1.82, 2.24) is 10.2 Å². The lowest BCUT2D eigenvalue weighted by molar-refractivity contribution is -0.128. The van der Waals surface area contributed by atoms with Crippen LogP contribution in [0.1, 0.15) is 27.2 Å². The van der Waals surface area contributed by atoms with Gasteiger partial charge >= 0.3 is 0 Å². The van der Waals surface area contributed by atoms with Gasteiger partial charge in [-0.2, -0.15) is 0 Å². The molecule has 1 saturated heterocycles. The monoisotopic (exact) mass is 256 g/mol. The van der Waals surface area contributed by atoms with Gasteiger partial charge in [0.25, 0.3) is 0 Å². The number of ketones is 1. The van der Waals surface area contributed by atoms with Crippen LogP contribution in [0.5, 0.6) is 0 Å². The summed E-state index contributed by atoms with van der Waals surface area (Å²) in [5.41, 5.74) is 0. The third kappa shape index (κ3) is 4.38. The fourth-order valence-corrected chi connectivity index (χ4v) is 2.29. The van der Waals surface area contributed by atoms with E-state index >= 15 is 0 Å². The molecular weight excluding hydrogens is 232 g/mol. The number of carbonyl (C=O) groups excluding carboxylic acids is 2. The van der Waals surface area contributed by atoms with Crippen LogP contribution in [0, 0.1) is 5.92 Å². The van der Waals surface area contributed by atoms with Gasteiger partial charge in [-0.3, -0.25) is 14.5 Å². The number of ether oxygens (including phenoxy) is 1. The molecule has 0 bridgehead atoms. The summed E-state index contributed by atoms with van der Waals surface area (Å²) in [5.74, 6) is 0.0481. The Labute approximate surface area is 109 Å². The van der Waals surface area contributed by atoms with Gasteiger partial charge in [0.05, 0.1) is 18.7 Å². The summed E-state index contributed by atoms with van der Waals surface area (Å²) in [5, 5.41) is 2.80. The van der Waals surface area contributed by atoms with E-state index in [1.807, 2.05) is 13.8 Å². The van der Waals surface area contributed by atoms with E-state index in [0.717, 1.165) is 19.5 Å². The molecule has 2 unspecified atom stereocenters. The summed E-state index contributed by atoms with van der Waals surface area (Å²) in [7, 11) is 1.69. The zero-order valence-corrected chi connectivity index (χ0v) is 11.7. The second-order valence-corrected chi connectivity index (χ2v) is 5.28. The molecule has 1 rings (SSSR count). The number of nitrogens with one attached hydrogen (secondary N) is 1. The van der Waals surface area contributed by atoms with Gasteiger partial charge in [-0.1, -0.05) is 13.8 Å². The maximum Gasteiger partial charge on any atom is 0.234 e. The molecule has 0 spiro atoms. The van der Waals surface area contributed by atoms with Gasteiger partial charge in [-0.05, 0) is 19.3 Å². The first-order valence-corrected chi connectivity index (χ1v) is 6.49. The Bertz CT molecular complexity index is 305. The highest BCUT2D eigenvalue weighted by Gasteiger charge is 2.26. The van der Waals surface area contributed by atoms with Crippen LogP contribution in [-0.4, -0.2) is 55.5 Å². The predicted molar refractivity (Wildman–Crippen MR) is 69.3 cm³/mol. The van der Waals surface area contributed by atoms with Gasteiger partial charge in [0.2, 0.25) is 5.91 Å². The Balaban J connectivity index is 2.39. The van der Waals surface area contributed by atoms with Crippen LogP contribution in [0.3, 0.4) is 0 Å². The van der Waals surface area contributed by atoms with E-state index < -0.39 is 0 Å². The minimum atomic E-state index is -0.377. The molecule has 0 saturated carbocycles. The molecule has 0 aromatic heterocycles. The van der Waals surface area contributed by atoms with Gasteiger partial charge in [0, 0.05) is 20.2 Å². The molecule has 0 aromatic carbocycles. The van der Waals surface area contributed by atoms with Crippen molar-refractivity contribution in [2.75, 3.05) is 26.7 Å². The van der Waals surface area contributed by atoms with Crippen molar-refractivity contribution in [2.24, 2.45) is 5.92 Å². The second-order valence-electron chi connectivity index (χ2n) is 5.28. The first-order chi connectivity index (χ1) is 8.43. The number of amides is 1. The van der Waals surface area contributed by atoms with E-state index in [1.165, 1.54) is 6.92 Å². The Morgan fingerprint density at radius 3 is 2.56 bits per heavy atom. The molecule has 1 heterocycles. The Morgan fingerprint density at radius 2 is 2.11 bits per heavy atom. The lowest BCUT2D eigenvalue weighted by Gasteiger charge is -2.21. The van der Waals surface area contributed by atoms with Crippen LogP contribution in [0.15, 0.2) is 0 Å². The van der Waals surface area contributed by atoms with Crippen molar-refractivity contribution in [2.45, 2.75) is 39.3 Å². The SMILES string of the molecule is COC1CCN(CC(=O)NC(C(C)=O)C(C)C)C1. The van der Waals surface area contributed by atoms with Crippen molar-refractivity contribution < 1.29 is 14.3 Å². The maximum atomic E-state index is 11.9. The number of rotatable bonds is 6. The lowest BCUT2D eigenvalue weighted by Crippen LogP contribution is -2.47. The van der Waals surface area contributed by atoms with E-state index in [1.54, 1.807) is 7.11 Å². The van der Waals surface area contributed by atoms with E-state index in [4.69, 9.17) is 4.74 Å². The van der Waals surface area contributed by atoms with Gasteiger partial charge in [0.15, 0.2) is 5.78 Å². The molecule has 1 aliphatic rings. The average Bonchev–Trinajstić information content (AvgIpc) is 2.72. The van der Waals surface area contributed by atoms with Crippen molar-refractivity contribution in [3.8, 4) is 0 Å². The predicted octanol–water partition coefficient (Wildman–Crippen LogP) is 0.437. The van der Waals surface area contributed by atoms with Gasteiger partial charge in [-0.25, -0.2) is 0 Å². The number of nitrogens with zero attached hydrogens (tertiary/aromatic N) is 1. The second kappa shape index (κ2) is 6.85. The highest BCUT2D eigenvalue weighted by molar-refractivity contribution is 5.88. The number of likely N-dealkylation sites (tertiary alicyclic amines) is 1. The summed E-state index contributed by atoms with van der Waals surface area (Å²) in [6.07, 6.45) is 1.19. The first kappa shape index (κ1) is 15.1. The minimum Gasteiger partial charge on any atom is -0.380 e. The largest absolute Gasteiger partial charge is 0.380 e. The normalized spacial score (nSPS) is 22.2. The topological polar surface area (TPSA) is 58.6 Å². The van der Waals surface area contributed by atoms with Crippen LogP contribution < -0.4 is 5.32 Å². The Morgan fingerprint density at radius 1 is 1.44 bits per heavy atom. The van der Waals surface area contributed by atoms with Gasteiger partial charge in [0.1, 0.15) is 0 Å². The lowest BCUT2D eigenvalue weighted by atomic mass is 10.0. The van der Waals surface area contributed by atoms with Crippen LogP contribution in [-0.2, 0) is 14.3 Å². The van der Waals surface area contributed by atoms with Crippen molar-refractivity contribution in [3.63, 3.8) is 0 Å². The highest BCUT2D eigenvalue weighted by Crippen LogP contribution is 2.11. The first-order valence-electron chi connectivity index (χ1n) is 6.49. The summed E-state index contributed by atoms with van der Waals surface area (Å²) in [4.78, 5) is 25.3. The third-order valence-corrected chi connectivity index (χ3v) is 3.35. The molecule has 0 aromatic rings. The number of hydrogen-bond acceptors (Lipinski definition) is 4.